The summed E-state index contributed by atoms with van der Waals surface area (Å²) in [5.74, 6) is -0.418. The Morgan fingerprint density at radius 2 is 2.06 bits per heavy atom. The highest BCUT2D eigenvalue weighted by Gasteiger charge is 2.18. The van der Waals surface area contributed by atoms with E-state index in [1.54, 1.807) is 0 Å². The van der Waals surface area contributed by atoms with Crippen molar-refractivity contribution in [2.24, 2.45) is 0 Å². The predicted octanol–water partition coefficient (Wildman–Crippen LogP) is 1.000. The lowest BCUT2D eigenvalue weighted by molar-refractivity contribution is -0.178. The van der Waals surface area contributed by atoms with E-state index in [1.165, 1.54) is 14.2 Å². The molecule has 0 aliphatic heterocycles. The number of carbonyl (C=O) groups excluding carboxylic acids is 1. The van der Waals surface area contributed by atoms with E-state index in [4.69, 9.17) is 4.84 Å². The van der Waals surface area contributed by atoms with E-state index < -0.39 is 12.0 Å². The van der Waals surface area contributed by atoms with E-state index in [0.717, 1.165) is 10.6 Å². The summed E-state index contributed by atoms with van der Waals surface area (Å²) in [6.45, 7) is 0. The Morgan fingerprint density at radius 3 is 2.62 bits per heavy atom. The second-order valence-corrected chi connectivity index (χ2v) is 3.56. The molecule has 0 spiro atoms. The molecule has 1 aromatic rings. The maximum absolute atomic E-state index is 11.4. The van der Waals surface area contributed by atoms with Gasteiger partial charge in [-0.25, -0.2) is 5.06 Å². The van der Waals surface area contributed by atoms with Crippen LogP contribution in [0, 0.1) is 0 Å². The Bertz CT molecular complexity index is 326. The number of hydroxylamine groups is 2. The Labute approximate surface area is 95.4 Å². The number of amides is 1. The van der Waals surface area contributed by atoms with E-state index in [9.17, 15) is 9.90 Å². The molecule has 0 aliphatic carbocycles. The fourth-order valence-electron chi connectivity index (χ4n) is 1.37. The van der Waals surface area contributed by atoms with Crippen LogP contribution in [0.15, 0.2) is 30.3 Å². The number of aliphatic hydroxyl groups is 1. The molecule has 4 nitrogen and oxygen atoms in total. The number of rotatable bonds is 5. The van der Waals surface area contributed by atoms with Gasteiger partial charge in [0, 0.05) is 7.05 Å². The smallest absolute Gasteiger partial charge is 0.274 e. The molecule has 0 bridgehead atoms. The number of likely N-dealkylation sites (N-methyl/N-ethyl adjacent to an activating group) is 1. The van der Waals surface area contributed by atoms with E-state index in [0.29, 0.717) is 12.8 Å². The van der Waals surface area contributed by atoms with Crippen molar-refractivity contribution in [3.05, 3.63) is 35.9 Å². The summed E-state index contributed by atoms with van der Waals surface area (Å²) < 4.78 is 0. The van der Waals surface area contributed by atoms with Gasteiger partial charge >= 0.3 is 0 Å². The standard InChI is InChI=1S/C12H17NO3/c1-13(16-2)12(15)11(14)9-8-10-6-4-3-5-7-10/h3-7,11,14H,8-9H2,1-2H3/t11-/m0/s1. The zero-order valence-electron chi connectivity index (χ0n) is 9.59. The van der Waals surface area contributed by atoms with Gasteiger partial charge in [-0.15, -0.1) is 0 Å². The maximum atomic E-state index is 11.4. The fraction of sp³-hybridized carbons (Fsp3) is 0.417. The van der Waals surface area contributed by atoms with Gasteiger partial charge in [-0.3, -0.25) is 9.63 Å². The van der Waals surface area contributed by atoms with Crippen molar-refractivity contribution in [2.45, 2.75) is 18.9 Å². The fourth-order valence-corrected chi connectivity index (χ4v) is 1.37. The normalized spacial score (nSPS) is 12.2. The minimum Gasteiger partial charge on any atom is -0.383 e. The molecule has 88 valence electrons. The van der Waals surface area contributed by atoms with Gasteiger partial charge in [-0.05, 0) is 18.4 Å². The Balaban J connectivity index is 2.41. The van der Waals surface area contributed by atoms with Crippen LogP contribution in [0.25, 0.3) is 0 Å². The van der Waals surface area contributed by atoms with Crippen molar-refractivity contribution in [1.29, 1.82) is 0 Å². The van der Waals surface area contributed by atoms with E-state index in [2.05, 4.69) is 0 Å². The monoisotopic (exact) mass is 223 g/mol. The van der Waals surface area contributed by atoms with Crippen LogP contribution in [-0.4, -0.2) is 36.3 Å². The van der Waals surface area contributed by atoms with Gasteiger partial charge in [-0.2, -0.15) is 0 Å². The summed E-state index contributed by atoms with van der Waals surface area (Å²) in [5.41, 5.74) is 1.11. The molecule has 0 fully saturated rings. The van der Waals surface area contributed by atoms with Crippen LogP contribution in [0.5, 0.6) is 0 Å². The average molecular weight is 223 g/mol. The van der Waals surface area contributed by atoms with E-state index in [1.807, 2.05) is 30.3 Å². The van der Waals surface area contributed by atoms with Crippen molar-refractivity contribution in [2.75, 3.05) is 14.2 Å². The molecule has 16 heavy (non-hydrogen) atoms. The molecular weight excluding hydrogens is 206 g/mol. The lowest BCUT2D eigenvalue weighted by Gasteiger charge is -2.17. The van der Waals surface area contributed by atoms with E-state index >= 15 is 0 Å². The van der Waals surface area contributed by atoms with Gasteiger partial charge in [-0.1, -0.05) is 30.3 Å². The molecule has 0 radical (unpaired) electrons. The first-order chi connectivity index (χ1) is 7.65. The summed E-state index contributed by atoms with van der Waals surface area (Å²) in [4.78, 5) is 16.2. The highest BCUT2D eigenvalue weighted by molar-refractivity contribution is 5.79. The topological polar surface area (TPSA) is 49.8 Å². The van der Waals surface area contributed by atoms with E-state index in [-0.39, 0.29) is 0 Å². The molecular formula is C12H17NO3. The summed E-state index contributed by atoms with van der Waals surface area (Å²) >= 11 is 0. The Hall–Kier alpha value is -1.39. The highest BCUT2D eigenvalue weighted by Crippen LogP contribution is 2.06. The first-order valence-corrected chi connectivity index (χ1v) is 5.19. The van der Waals surface area contributed by atoms with Crippen LogP contribution < -0.4 is 0 Å². The molecule has 0 unspecified atom stereocenters. The zero-order valence-corrected chi connectivity index (χ0v) is 9.59. The molecule has 0 heterocycles. The number of aryl methyl sites for hydroxylation is 1. The van der Waals surface area contributed by atoms with Crippen LogP contribution in [0.2, 0.25) is 0 Å². The number of nitrogens with zero attached hydrogens (tertiary/aromatic N) is 1. The molecule has 0 saturated carbocycles. The molecule has 1 atom stereocenters. The Kier molecular flexibility index (Phi) is 4.95. The molecule has 1 aromatic carbocycles. The van der Waals surface area contributed by atoms with Crippen LogP contribution >= 0.6 is 0 Å². The summed E-state index contributed by atoms with van der Waals surface area (Å²) in [6.07, 6.45) is 0.0622. The van der Waals surface area contributed by atoms with Crippen LogP contribution in [0.3, 0.4) is 0 Å². The minimum atomic E-state index is -1.01. The zero-order chi connectivity index (χ0) is 12.0. The Morgan fingerprint density at radius 1 is 1.44 bits per heavy atom. The van der Waals surface area contributed by atoms with Crippen molar-refractivity contribution < 1.29 is 14.7 Å². The molecule has 1 N–H and O–H groups in total. The van der Waals surface area contributed by atoms with Gasteiger partial charge in [0.1, 0.15) is 6.10 Å². The average Bonchev–Trinajstić information content (AvgIpc) is 2.35. The van der Waals surface area contributed by atoms with Gasteiger partial charge in [0.25, 0.3) is 5.91 Å². The molecule has 4 heteroatoms. The van der Waals surface area contributed by atoms with Gasteiger partial charge in [0.05, 0.1) is 7.11 Å². The van der Waals surface area contributed by atoms with Crippen molar-refractivity contribution in [3.63, 3.8) is 0 Å². The largest absolute Gasteiger partial charge is 0.383 e. The molecule has 0 aliphatic rings. The summed E-state index contributed by atoms with van der Waals surface area (Å²) in [6, 6.07) is 9.74. The molecule has 0 saturated heterocycles. The van der Waals surface area contributed by atoms with Crippen molar-refractivity contribution >= 4 is 5.91 Å². The molecule has 1 amide bonds. The van der Waals surface area contributed by atoms with Crippen LogP contribution in [0.4, 0.5) is 0 Å². The highest BCUT2D eigenvalue weighted by atomic mass is 16.7. The quantitative estimate of drug-likeness (QED) is 0.758. The van der Waals surface area contributed by atoms with Crippen LogP contribution in [-0.2, 0) is 16.1 Å². The number of benzene rings is 1. The number of hydrogen-bond acceptors (Lipinski definition) is 3. The number of aliphatic hydroxyl groups excluding tert-OH is 1. The first kappa shape index (κ1) is 12.7. The minimum absolute atomic E-state index is 0.399. The first-order valence-electron chi connectivity index (χ1n) is 5.19. The van der Waals surface area contributed by atoms with Gasteiger partial charge in [0.2, 0.25) is 0 Å². The molecule has 1 rings (SSSR count). The summed E-state index contributed by atoms with van der Waals surface area (Å²) in [5, 5.41) is 10.6. The SMILES string of the molecule is CON(C)C(=O)[C@@H](O)CCc1ccccc1. The number of hydrogen-bond donors (Lipinski definition) is 1. The maximum Gasteiger partial charge on any atom is 0.274 e. The third kappa shape index (κ3) is 3.64. The third-order valence-electron chi connectivity index (χ3n) is 2.42. The van der Waals surface area contributed by atoms with Crippen molar-refractivity contribution in [1.82, 2.24) is 5.06 Å². The number of carbonyl (C=O) groups is 1. The second kappa shape index (κ2) is 6.25. The second-order valence-electron chi connectivity index (χ2n) is 3.56. The molecule has 0 aromatic heterocycles. The lowest BCUT2D eigenvalue weighted by Crippen LogP contribution is -2.35. The lowest BCUT2D eigenvalue weighted by atomic mass is 10.1. The van der Waals surface area contributed by atoms with Gasteiger partial charge < -0.3 is 5.11 Å². The van der Waals surface area contributed by atoms with Crippen molar-refractivity contribution in [3.8, 4) is 0 Å². The third-order valence-corrected chi connectivity index (χ3v) is 2.42. The van der Waals surface area contributed by atoms with Gasteiger partial charge in [0.15, 0.2) is 0 Å². The predicted molar refractivity (Wildman–Crippen MR) is 60.5 cm³/mol. The van der Waals surface area contributed by atoms with Crippen LogP contribution in [0.1, 0.15) is 12.0 Å². The summed E-state index contributed by atoms with van der Waals surface area (Å²) in [7, 11) is 2.87.